The molecule has 9 nitrogen and oxygen atoms in total. The molecule has 1 spiro atoms. The summed E-state index contributed by atoms with van der Waals surface area (Å²) in [4.78, 5) is 28.3. The molecule has 32 heavy (non-hydrogen) atoms. The van der Waals surface area contributed by atoms with Crippen LogP contribution in [0.2, 0.25) is 0 Å². The lowest BCUT2D eigenvalue weighted by Gasteiger charge is -2.26. The Labute approximate surface area is 184 Å². The maximum absolute atomic E-state index is 13.3. The van der Waals surface area contributed by atoms with Gasteiger partial charge in [-0.05, 0) is 18.9 Å². The van der Waals surface area contributed by atoms with Gasteiger partial charge < -0.3 is 34.1 Å². The van der Waals surface area contributed by atoms with Crippen molar-refractivity contribution >= 4 is 30.1 Å². The summed E-state index contributed by atoms with van der Waals surface area (Å²) in [5.74, 6) is -1.72. The van der Waals surface area contributed by atoms with Crippen molar-refractivity contribution in [3.8, 4) is 0 Å². The third kappa shape index (κ3) is 3.09. The highest BCUT2D eigenvalue weighted by Crippen LogP contribution is 2.53. The molecule has 2 aromatic rings. The van der Waals surface area contributed by atoms with Crippen LogP contribution in [0.5, 0.6) is 0 Å². The summed E-state index contributed by atoms with van der Waals surface area (Å²) in [6, 6.07) is 7.67. The highest BCUT2D eigenvalue weighted by atomic mass is 16.6. The fraction of sp³-hybridized carbons (Fsp3) is 0.455. The molecule has 1 aromatic heterocycles. The van der Waals surface area contributed by atoms with Crippen molar-refractivity contribution in [1.82, 2.24) is 10.2 Å². The molecule has 3 fully saturated rings. The number of fused-ring (bicyclic) bond motifs is 2. The van der Waals surface area contributed by atoms with Gasteiger partial charge in [-0.2, -0.15) is 0 Å². The van der Waals surface area contributed by atoms with E-state index in [1.807, 2.05) is 41.3 Å². The van der Waals surface area contributed by atoms with Crippen molar-refractivity contribution < 1.29 is 33.4 Å². The molecule has 1 aliphatic carbocycles. The minimum atomic E-state index is -2.07. The zero-order valence-electron chi connectivity index (χ0n) is 17.2. The SMILES string of the molecule is O=C(N[C@@H](Cc1coc2ccccc12)OB(O)O)[C@H]1C2C(=O)N(C3CC3)C[C@]23C=C[C@H]1O3. The zero-order valence-corrected chi connectivity index (χ0v) is 17.2. The summed E-state index contributed by atoms with van der Waals surface area (Å²) < 4.78 is 16.8. The van der Waals surface area contributed by atoms with Gasteiger partial charge in [-0.1, -0.05) is 30.4 Å². The molecule has 166 valence electrons. The molecule has 10 heteroatoms. The van der Waals surface area contributed by atoms with E-state index in [-0.39, 0.29) is 18.4 Å². The number of nitrogens with one attached hydrogen (secondary N) is 1. The van der Waals surface area contributed by atoms with Crippen molar-refractivity contribution in [2.45, 2.75) is 43.2 Å². The number of para-hydroxylation sites is 1. The molecule has 2 bridgehead atoms. The van der Waals surface area contributed by atoms with Gasteiger partial charge in [0, 0.05) is 23.4 Å². The first-order valence-electron chi connectivity index (χ1n) is 10.9. The Morgan fingerprint density at radius 2 is 2.16 bits per heavy atom. The van der Waals surface area contributed by atoms with E-state index in [4.69, 9.17) is 13.8 Å². The Bertz CT molecular complexity index is 1110. The van der Waals surface area contributed by atoms with Crippen LogP contribution in [0.15, 0.2) is 47.1 Å². The second-order valence-electron chi connectivity index (χ2n) is 9.02. The van der Waals surface area contributed by atoms with Crippen molar-refractivity contribution in [1.29, 1.82) is 0 Å². The second kappa shape index (κ2) is 7.18. The minimum Gasteiger partial charge on any atom is -0.464 e. The third-order valence-electron chi connectivity index (χ3n) is 6.98. The summed E-state index contributed by atoms with van der Waals surface area (Å²) in [6.07, 6.45) is 5.96. The van der Waals surface area contributed by atoms with Crippen molar-refractivity contribution in [2.75, 3.05) is 6.54 Å². The first-order chi connectivity index (χ1) is 15.4. The van der Waals surface area contributed by atoms with Gasteiger partial charge in [0.05, 0.1) is 30.7 Å². The van der Waals surface area contributed by atoms with Crippen LogP contribution >= 0.6 is 0 Å². The summed E-state index contributed by atoms with van der Waals surface area (Å²) in [5.41, 5.74) is 0.686. The standard InChI is InChI=1S/C22H23BN2O7/c26-20(18-16-7-8-22(31-16)11-25(13-5-6-13)21(27)19(18)22)24-17(32-23(28)29)9-12-10-30-15-4-2-1-3-14(12)15/h1-4,7-8,10,13,16-19,28-29H,5-6,9,11H2,(H,24,26)/t16-,17-,18-,19?,22-/m1/s1. The summed E-state index contributed by atoms with van der Waals surface area (Å²) in [6.45, 7) is 0.480. The zero-order chi connectivity index (χ0) is 22.0. The first-order valence-corrected chi connectivity index (χ1v) is 10.9. The number of ether oxygens (including phenoxy) is 1. The maximum Gasteiger partial charge on any atom is 0.635 e. The van der Waals surface area contributed by atoms with E-state index in [0.717, 1.165) is 23.8 Å². The van der Waals surface area contributed by atoms with Gasteiger partial charge in [-0.3, -0.25) is 9.59 Å². The normalized spacial score (nSPS) is 31.4. The number of nitrogens with zero attached hydrogens (tertiary/aromatic N) is 1. The van der Waals surface area contributed by atoms with E-state index in [9.17, 15) is 19.6 Å². The van der Waals surface area contributed by atoms with Crippen molar-refractivity contribution in [3.63, 3.8) is 0 Å². The second-order valence-corrected chi connectivity index (χ2v) is 9.02. The Balaban J connectivity index is 1.23. The van der Waals surface area contributed by atoms with Gasteiger partial charge in [-0.15, -0.1) is 0 Å². The van der Waals surface area contributed by atoms with Crippen LogP contribution in [0.4, 0.5) is 0 Å². The number of carbonyl (C=O) groups is 2. The molecule has 0 radical (unpaired) electrons. The molecule has 4 aliphatic rings. The predicted molar refractivity (Wildman–Crippen MR) is 112 cm³/mol. The Morgan fingerprint density at radius 3 is 2.94 bits per heavy atom. The third-order valence-corrected chi connectivity index (χ3v) is 6.98. The number of hydrogen-bond acceptors (Lipinski definition) is 7. The van der Waals surface area contributed by atoms with Gasteiger partial charge in [0.25, 0.3) is 0 Å². The maximum atomic E-state index is 13.3. The molecule has 3 N–H and O–H groups in total. The van der Waals surface area contributed by atoms with Crippen LogP contribution in [-0.4, -0.2) is 64.6 Å². The lowest BCUT2D eigenvalue weighted by molar-refractivity contribution is -0.139. The monoisotopic (exact) mass is 438 g/mol. The van der Waals surface area contributed by atoms with Crippen LogP contribution in [0.25, 0.3) is 11.0 Å². The molecule has 5 atom stereocenters. The van der Waals surface area contributed by atoms with E-state index >= 15 is 0 Å². The number of amides is 2. The number of benzene rings is 1. The highest BCUT2D eigenvalue weighted by Gasteiger charge is 2.68. The smallest absolute Gasteiger partial charge is 0.464 e. The van der Waals surface area contributed by atoms with Gasteiger partial charge in [-0.25, -0.2) is 0 Å². The van der Waals surface area contributed by atoms with E-state index in [1.54, 1.807) is 6.26 Å². The van der Waals surface area contributed by atoms with Crippen molar-refractivity contribution in [3.05, 3.63) is 48.2 Å². The molecule has 2 saturated heterocycles. The predicted octanol–water partition coefficient (Wildman–Crippen LogP) is 0.348. The largest absolute Gasteiger partial charge is 0.635 e. The number of furan rings is 1. The molecular formula is C22H23BN2O7. The number of carbonyl (C=O) groups excluding carboxylic acids is 2. The molecule has 1 unspecified atom stereocenters. The van der Waals surface area contributed by atoms with E-state index in [0.29, 0.717) is 12.1 Å². The Kier molecular flexibility index (Phi) is 4.48. The molecule has 3 aliphatic heterocycles. The van der Waals surface area contributed by atoms with Gasteiger partial charge in [0.2, 0.25) is 11.8 Å². The number of rotatable bonds is 7. The van der Waals surface area contributed by atoms with Crippen molar-refractivity contribution in [2.24, 2.45) is 11.8 Å². The van der Waals surface area contributed by atoms with Gasteiger partial charge in [0.15, 0.2) is 0 Å². The quantitative estimate of drug-likeness (QED) is 0.324. The fourth-order valence-electron chi connectivity index (χ4n) is 5.45. The highest BCUT2D eigenvalue weighted by molar-refractivity contribution is 6.32. The fourth-order valence-corrected chi connectivity index (χ4v) is 5.45. The van der Waals surface area contributed by atoms with Crippen LogP contribution in [0, 0.1) is 11.8 Å². The minimum absolute atomic E-state index is 0.0417. The average Bonchev–Trinajstić information content (AvgIpc) is 3.14. The number of hydrogen-bond donors (Lipinski definition) is 3. The van der Waals surface area contributed by atoms with Crippen LogP contribution in [0.1, 0.15) is 18.4 Å². The molecule has 2 amide bonds. The van der Waals surface area contributed by atoms with Gasteiger partial charge >= 0.3 is 7.32 Å². The van der Waals surface area contributed by atoms with Crippen LogP contribution in [0.3, 0.4) is 0 Å². The molecule has 1 saturated carbocycles. The molecule has 1 aromatic carbocycles. The Morgan fingerprint density at radius 1 is 1.34 bits per heavy atom. The topological polar surface area (TPSA) is 121 Å². The number of likely N-dealkylation sites (tertiary alicyclic amines) is 1. The summed E-state index contributed by atoms with van der Waals surface area (Å²) in [5, 5.41) is 22.4. The summed E-state index contributed by atoms with van der Waals surface area (Å²) in [7, 11) is -2.07. The molecular weight excluding hydrogens is 415 g/mol. The molecule has 6 rings (SSSR count). The first kappa shape index (κ1) is 20.0. The van der Waals surface area contributed by atoms with Crippen LogP contribution < -0.4 is 5.32 Å². The van der Waals surface area contributed by atoms with E-state index in [2.05, 4.69) is 5.32 Å². The lowest BCUT2D eigenvalue weighted by atomic mass is 9.76. The van der Waals surface area contributed by atoms with Gasteiger partial charge in [0.1, 0.15) is 17.4 Å². The van der Waals surface area contributed by atoms with E-state index in [1.165, 1.54) is 0 Å². The Hall–Kier alpha value is -2.66. The molecule has 4 heterocycles. The summed E-state index contributed by atoms with van der Waals surface area (Å²) >= 11 is 0. The lowest BCUT2D eigenvalue weighted by Crippen LogP contribution is -2.49. The van der Waals surface area contributed by atoms with Crippen LogP contribution in [-0.2, 0) is 25.4 Å². The average molecular weight is 438 g/mol. The van der Waals surface area contributed by atoms with E-state index < -0.39 is 43.0 Å².